The lowest BCUT2D eigenvalue weighted by Gasteiger charge is -2.16. The molecule has 2 heterocycles. The first kappa shape index (κ1) is 13.9. The van der Waals surface area contributed by atoms with Gasteiger partial charge in [-0.05, 0) is 12.5 Å². The van der Waals surface area contributed by atoms with Gasteiger partial charge in [-0.1, -0.05) is 30.3 Å². The molecule has 0 fully saturated rings. The Morgan fingerprint density at radius 3 is 2.67 bits per heavy atom. The van der Waals surface area contributed by atoms with Crippen LogP contribution in [0.3, 0.4) is 0 Å². The highest BCUT2D eigenvalue weighted by Gasteiger charge is 2.20. The Balaban J connectivity index is 1.88. The number of nitrogens with one attached hydrogen (secondary N) is 1. The Morgan fingerprint density at radius 1 is 1.24 bits per heavy atom. The van der Waals surface area contributed by atoms with Gasteiger partial charge in [0, 0.05) is 17.0 Å². The minimum absolute atomic E-state index is 0.177. The molecule has 1 atom stereocenters. The second-order valence-electron chi connectivity index (χ2n) is 4.44. The summed E-state index contributed by atoms with van der Waals surface area (Å²) in [6.45, 7) is 1.89. The van der Waals surface area contributed by atoms with E-state index in [0.29, 0.717) is 5.69 Å². The lowest BCUT2D eigenvalue weighted by atomic mass is 10.1. The minimum Gasteiger partial charge on any atom is -0.337 e. The standard InChI is InChI=1S/C15H13N3OS2/c1-10-17-12(9-21-10)14(19)18-13(15-16-7-8-20-15)11-5-3-2-4-6-11/h2-9,13H,1H3,(H,18,19). The van der Waals surface area contributed by atoms with Crippen LogP contribution in [0.4, 0.5) is 0 Å². The van der Waals surface area contributed by atoms with Crippen LogP contribution in [-0.2, 0) is 0 Å². The van der Waals surface area contributed by atoms with Gasteiger partial charge in [-0.2, -0.15) is 0 Å². The van der Waals surface area contributed by atoms with Crippen LogP contribution >= 0.6 is 22.7 Å². The molecule has 1 aromatic carbocycles. The van der Waals surface area contributed by atoms with E-state index in [-0.39, 0.29) is 11.9 Å². The summed E-state index contributed by atoms with van der Waals surface area (Å²) in [5, 5.41) is 8.44. The molecule has 0 spiro atoms. The van der Waals surface area contributed by atoms with Crippen LogP contribution in [0.1, 0.15) is 32.1 Å². The molecule has 0 aliphatic carbocycles. The molecule has 0 saturated carbocycles. The Labute approximate surface area is 130 Å². The summed E-state index contributed by atoms with van der Waals surface area (Å²) in [6.07, 6.45) is 1.75. The van der Waals surface area contributed by atoms with Gasteiger partial charge in [0.1, 0.15) is 16.7 Å². The third kappa shape index (κ3) is 3.17. The maximum Gasteiger partial charge on any atom is 0.271 e. The van der Waals surface area contributed by atoms with E-state index in [1.165, 1.54) is 22.7 Å². The molecule has 21 heavy (non-hydrogen) atoms. The van der Waals surface area contributed by atoms with Crippen molar-refractivity contribution in [3.8, 4) is 0 Å². The molecule has 3 rings (SSSR count). The maximum atomic E-state index is 12.3. The molecule has 106 valence electrons. The number of nitrogens with zero attached hydrogens (tertiary/aromatic N) is 2. The highest BCUT2D eigenvalue weighted by atomic mass is 32.1. The van der Waals surface area contributed by atoms with Gasteiger partial charge in [-0.25, -0.2) is 9.97 Å². The van der Waals surface area contributed by atoms with Crippen molar-refractivity contribution in [1.29, 1.82) is 0 Å². The van der Waals surface area contributed by atoms with Crippen molar-refractivity contribution in [1.82, 2.24) is 15.3 Å². The van der Waals surface area contributed by atoms with Crippen molar-refractivity contribution in [2.24, 2.45) is 0 Å². The van der Waals surface area contributed by atoms with E-state index in [1.807, 2.05) is 42.6 Å². The highest BCUT2D eigenvalue weighted by molar-refractivity contribution is 7.10. The second-order valence-corrected chi connectivity index (χ2v) is 6.43. The Kier molecular flexibility index (Phi) is 4.08. The quantitative estimate of drug-likeness (QED) is 0.802. The summed E-state index contributed by atoms with van der Waals surface area (Å²) < 4.78 is 0. The van der Waals surface area contributed by atoms with Crippen molar-refractivity contribution >= 4 is 28.6 Å². The molecule has 6 heteroatoms. The summed E-state index contributed by atoms with van der Waals surface area (Å²) in [7, 11) is 0. The molecule has 4 nitrogen and oxygen atoms in total. The SMILES string of the molecule is Cc1nc(C(=O)NC(c2ccccc2)c2nccs2)cs1. The van der Waals surface area contributed by atoms with Crippen LogP contribution in [0.2, 0.25) is 0 Å². The molecule has 0 bridgehead atoms. The molecule has 1 amide bonds. The second kappa shape index (κ2) is 6.15. The fourth-order valence-electron chi connectivity index (χ4n) is 1.98. The molecule has 2 aromatic heterocycles. The number of amides is 1. The van der Waals surface area contributed by atoms with Crippen LogP contribution in [0, 0.1) is 6.92 Å². The fourth-order valence-corrected chi connectivity index (χ4v) is 3.29. The molecule has 0 aliphatic rings. The third-order valence-electron chi connectivity index (χ3n) is 2.96. The molecule has 0 saturated heterocycles. The van der Waals surface area contributed by atoms with Gasteiger partial charge in [0.25, 0.3) is 5.91 Å². The van der Waals surface area contributed by atoms with Crippen LogP contribution in [0.25, 0.3) is 0 Å². The van der Waals surface area contributed by atoms with E-state index in [9.17, 15) is 4.79 Å². The smallest absolute Gasteiger partial charge is 0.271 e. The monoisotopic (exact) mass is 315 g/mol. The van der Waals surface area contributed by atoms with E-state index in [0.717, 1.165) is 15.6 Å². The number of carbonyl (C=O) groups is 1. The number of thiazole rings is 2. The van der Waals surface area contributed by atoms with Gasteiger partial charge >= 0.3 is 0 Å². The lowest BCUT2D eigenvalue weighted by Crippen LogP contribution is -2.29. The fraction of sp³-hybridized carbons (Fsp3) is 0.133. The van der Waals surface area contributed by atoms with Crippen LogP contribution in [0.5, 0.6) is 0 Å². The molecule has 1 unspecified atom stereocenters. The molecule has 0 aliphatic heterocycles. The molecule has 0 radical (unpaired) electrons. The number of rotatable bonds is 4. The first-order chi connectivity index (χ1) is 10.2. The zero-order valence-corrected chi connectivity index (χ0v) is 12.9. The number of benzene rings is 1. The zero-order valence-electron chi connectivity index (χ0n) is 11.3. The Bertz CT molecular complexity index is 722. The van der Waals surface area contributed by atoms with Crippen molar-refractivity contribution in [3.63, 3.8) is 0 Å². The van der Waals surface area contributed by atoms with Crippen LogP contribution in [0.15, 0.2) is 47.3 Å². The predicted octanol–water partition coefficient (Wildman–Crippen LogP) is 3.43. The number of carbonyl (C=O) groups excluding carboxylic acids is 1. The van der Waals surface area contributed by atoms with E-state index in [2.05, 4.69) is 15.3 Å². The summed E-state index contributed by atoms with van der Waals surface area (Å²) in [4.78, 5) is 20.9. The number of aromatic nitrogens is 2. The molecule has 3 aromatic rings. The van der Waals surface area contributed by atoms with Gasteiger partial charge in [0.05, 0.1) is 5.01 Å². The van der Waals surface area contributed by atoms with Crippen molar-refractivity contribution in [2.45, 2.75) is 13.0 Å². The van der Waals surface area contributed by atoms with Gasteiger partial charge in [-0.15, -0.1) is 22.7 Å². The maximum absolute atomic E-state index is 12.3. The molecule has 1 N–H and O–H groups in total. The van der Waals surface area contributed by atoms with Gasteiger partial charge < -0.3 is 5.32 Å². The third-order valence-corrected chi connectivity index (χ3v) is 4.57. The van der Waals surface area contributed by atoms with Crippen molar-refractivity contribution in [2.75, 3.05) is 0 Å². The average Bonchev–Trinajstić information content (AvgIpc) is 3.17. The van der Waals surface area contributed by atoms with Crippen LogP contribution in [-0.4, -0.2) is 15.9 Å². The largest absolute Gasteiger partial charge is 0.337 e. The summed E-state index contributed by atoms with van der Waals surface area (Å²) in [6, 6.07) is 9.58. The van der Waals surface area contributed by atoms with E-state index >= 15 is 0 Å². The van der Waals surface area contributed by atoms with E-state index in [1.54, 1.807) is 11.6 Å². The first-order valence-electron chi connectivity index (χ1n) is 6.41. The van der Waals surface area contributed by atoms with E-state index in [4.69, 9.17) is 0 Å². The first-order valence-corrected chi connectivity index (χ1v) is 8.17. The summed E-state index contributed by atoms with van der Waals surface area (Å²) in [5.74, 6) is -0.177. The van der Waals surface area contributed by atoms with Crippen LogP contribution < -0.4 is 5.32 Å². The van der Waals surface area contributed by atoms with Gasteiger partial charge in [0.15, 0.2) is 0 Å². The topological polar surface area (TPSA) is 54.9 Å². The highest BCUT2D eigenvalue weighted by Crippen LogP contribution is 2.24. The number of hydrogen-bond donors (Lipinski definition) is 1. The lowest BCUT2D eigenvalue weighted by molar-refractivity contribution is 0.0938. The summed E-state index contributed by atoms with van der Waals surface area (Å²) in [5.41, 5.74) is 1.46. The number of hydrogen-bond acceptors (Lipinski definition) is 5. The minimum atomic E-state index is -0.249. The average molecular weight is 315 g/mol. The van der Waals surface area contributed by atoms with Crippen molar-refractivity contribution in [3.05, 3.63) is 68.6 Å². The summed E-state index contributed by atoms with van der Waals surface area (Å²) >= 11 is 2.99. The Morgan fingerprint density at radius 2 is 2.05 bits per heavy atom. The zero-order chi connectivity index (χ0) is 14.7. The normalized spacial score (nSPS) is 12.0. The van der Waals surface area contributed by atoms with Gasteiger partial charge in [0.2, 0.25) is 0 Å². The number of aryl methyl sites for hydroxylation is 1. The Hall–Kier alpha value is -2.05. The predicted molar refractivity (Wildman–Crippen MR) is 84.7 cm³/mol. The van der Waals surface area contributed by atoms with Gasteiger partial charge in [-0.3, -0.25) is 4.79 Å². The van der Waals surface area contributed by atoms with Crippen molar-refractivity contribution < 1.29 is 4.79 Å². The molecular weight excluding hydrogens is 302 g/mol. The molecular formula is C15H13N3OS2. The van der Waals surface area contributed by atoms with E-state index < -0.39 is 0 Å².